The standard InChI is InChI=1S/C15H22N6S/c16-15-19-18-14(22-15)6-8-20-7-5-11(9-20)21-10-17-12-3-1-2-4-13(12)21/h10-11H,1-9H2,(H2,16,19). The number of fused-ring (bicyclic) bond motifs is 1. The van der Waals surface area contributed by atoms with Gasteiger partial charge in [-0.2, -0.15) is 0 Å². The zero-order valence-electron chi connectivity index (χ0n) is 12.7. The largest absolute Gasteiger partial charge is 0.374 e. The number of rotatable bonds is 4. The van der Waals surface area contributed by atoms with Crippen molar-refractivity contribution in [1.82, 2.24) is 24.6 Å². The summed E-state index contributed by atoms with van der Waals surface area (Å²) < 4.78 is 2.46. The molecule has 1 aliphatic carbocycles. The van der Waals surface area contributed by atoms with E-state index in [1.807, 2.05) is 0 Å². The summed E-state index contributed by atoms with van der Waals surface area (Å²) in [6.07, 6.45) is 9.23. The van der Waals surface area contributed by atoms with Crippen LogP contribution < -0.4 is 5.73 Å². The molecule has 3 heterocycles. The summed E-state index contributed by atoms with van der Waals surface area (Å²) in [5.41, 5.74) is 8.47. The van der Waals surface area contributed by atoms with Crippen LogP contribution in [0.4, 0.5) is 5.13 Å². The number of imidazole rings is 1. The second-order valence-electron chi connectivity index (χ2n) is 6.28. The van der Waals surface area contributed by atoms with Gasteiger partial charge in [0.15, 0.2) is 0 Å². The second-order valence-corrected chi connectivity index (χ2v) is 7.37. The average molecular weight is 318 g/mol. The molecule has 1 fully saturated rings. The van der Waals surface area contributed by atoms with Crippen molar-refractivity contribution < 1.29 is 0 Å². The Morgan fingerprint density at radius 3 is 3.05 bits per heavy atom. The molecule has 7 heteroatoms. The Morgan fingerprint density at radius 2 is 2.18 bits per heavy atom. The van der Waals surface area contributed by atoms with Gasteiger partial charge in [0.05, 0.1) is 12.0 Å². The number of aryl methyl sites for hydroxylation is 1. The maximum Gasteiger partial charge on any atom is 0.203 e. The number of nitrogen functional groups attached to an aromatic ring is 1. The molecule has 0 radical (unpaired) electrons. The Bertz CT molecular complexity index is 648. The molecule has 1 saturated heterocycles. The first-order valence-corrected chi connectivity index (χ1v) is 8.96. The number of anilines is 1. The van der Waals surface area contributed by atoms with E-state index in [0.717, 1.165) is 37.5 Å². The van der Waals surface area contributed by atoms with Gasteiger partial charge in [-0.1, -0.05) is 11.3 Å². The number of nitrogens with two attached hydrogens (primary N) is 1. The van der Waals surface area contributed by atoms with Crippen LogP contribution in [0.25, 0.3) is 0 Å². The van der Waals surface area contributed by atoms with E-state index in [1.54, 1.807) is 0 Å². The summed E-state index contributed by atoms with van der Waals surface area (Å²) in [5.74, 6) is 0. The first-order valence-electron chi connectivity index (χ1n) is 8.14. The van der Waals surface area contributed by atoms with E-state index in [2.05, 4.69) is 31.0 Å². The first-order chi connectivity index (χ1) is 10.8. The molecule has 6 nitrogen and oxygen atoms in total. The third-order valence-electron chi connectivity index (χ3n) is 4.83. The van der Waals surface area contributed by atoms with Crippen molar-refractivity contribution in [1.29, 1.82) is 0 Å². The SMILES string of the molecule is Nc1nnc(CCN2CCC(n3cnc4c3CCCC4)C2)s1. The Kier molecular flexibility index (Phi) is 3.83. The summed E-state index contributed by atoms with van der Waals surface area (Å²) in [6, 6.07) is 0.592. The fraction of sp³-hybridized carbons (Fsp3) is 0.667. The monoisotopic (exact) mass is 318 g/mol. The van der Waals surface area contributed by atoms with Crippen molar-refractivity contribution in [3.63, 3.8) is 0 Å². The van der Waals surface area contributed by atoms with Crippen LogP contribution in [-0.2, 0) is 19.3 Å². The Hall–Kier alpha value is -1.47. The number of hydrogen-bond donors (Lipinski definition) is 1. The van der Waals surface area contributed by atoms with Crippen LogP contribution >= 0.6 is 11.3 Å². The third-order valence-corrected chi connectivity index (χ3v) is 5.64. The lowest BCUT2D eigenvalue weighted by Crippen LogP contribution is -2.24. The quantitative estimate of drug-likeness (QED) is 0.928. The van der Waals surface area contributed by atoms with E-state index in [-0.39, 0.29) is 0 Å². The summed E-state index contributed by atoms with van der Waals surface area (Å²) in [5, 5.41) is 9.60. The molecule has 0 amide bonds. The van der Waals surface area contributed by atoms with Gasteiger partial charge in [-0.3, -0.25) is 0 Å². The topological polar surface area (TPSA) is 72.9 Å². The number of likely N-dealkylation sites (tertiary alicyclic amines) is 1. The number of hydrogen-bond acceptors (Lipinski definition) is 6. The zero-order chi connectivity index (χ0) is 14.9. The van der Waals surface area contributed by atoms with E-state index in [0.29, 0.717) is 11.2 Å². The van der Waals surface area contributed by atoms with Gasteiger partial charge in [0.1, 0.15) is 5.01 Å². The van der Waals surface area contributed by atoms with Crippen molar-refractivity contribution in [2.75, 3.05) is 25.4 Å². The maximum absolute atomic E-state index is 5.63. The molecule has 0 spiro atoms. The smallest absolute Gasteiger partial charge is 0.203 e. The summed E-state index contributed by atoms with van der Waals surface area (Å²) in [6.45, 7) is 3.32. The lowest BCUT2D eigenvalue weighted by molar-refractivity contribution is 0.326. The van der Waals surface area contributed by atoms with Gasteiger partial charge in [0.25, 0.3) is 0 Å². The van der Waals surface area contributed by atoms with Crippen molar-refractivity contribution >= 4 is 16.5 Å². The van der Waals surface area contributed by atoms with Crippen LogP contribution in [0.5, 0.6) is 0 Å². The van der Waals surface area contributed by atoms with Crippen LogP contribution in [-0.4, -0.2) is 44.3 Å². The molecule has 1 unspecified atom stereocenters. The van der Waals surface area contributed by atoms with Crippen molar-refractivity contribution in [2.24, 2.45) is 0 Å². The van der Waals surface area contributed by atoms with Gasteiger partial charge < -0.3 is 15.2 Å². The predicted molar refractivity (Wildman–Crippen MR) is 87.0 cm³/mol. The zero-order valence-corrected chi connectivity index (χ0v) is 13.6. The summed E-state index contributed by atoms with van der Waals surface area (Å²) >= 11 is 1.50. The van der Waals surface area contributed by atoms with Crippen LogP contribution in [0.15, 0.2) is 6.33 Å². The first kappa shape index (κ1) is 14.1. The Labute approximate surface area is 134 Å². The molecule has 2 N–H and O–H groups in total. The van der Waals surface area contributed by atoms with Crippen LogP contribution in [0.2, 0.25) is 0 Å². The van der Waals surface area contributed by atoms with Gasteiger partial charge in [-0.15, -0.1) is 10.2 Å². The molecule has 118 valence electrons. The predicted octanol–water partition coefficient (Wildman–Crippen LogP) is 1.69. The van der Waals surface area contributed by atoms with E-state index in [4.69, 9.17) is 5.73 Å². The molecule has 4 rings (SSSR count). The molecule has 0 saturated carbocycles. The van der Waals surface area contributed by atoms with Gasteiger partial charge in [0, 0.05) is 37.8 Å². The highest BCUT2D eigenvalue weighted by Crippen LogP contribution is 2.28. The lowest BCUT2D eigenvalue weighted by Gasteiger charge is -2.20. The molecule has 2 aromatic rings. The molecular formula is C15H22N6S. The van der Waals surface area contributed by atoms with Crippen molar-refractivity contribution in [3.8, 4) is 0 Å². The minimum absolute atomic E-state index is 0.569. The molecular weight excluding hydrogens is 296 g/mol. The fourth-order valence-corrected chi connectivity index (χ4v) is 4.27. The van der Waals surface area contributed by atoms with E-state index in [1.165, 1.54) is 48.4 Å². The number of nitrogens with zero attached hydrogens (tertiary/aromatic N) is 5. The third kappa shape index (κ3) is 2.75. The molecule has 0 aromatic carbocycles. The van der Waals surface area contributed by atoms with Gasteiger partial charge in [-0.05, 0) is 32.1 Å². The van der Waals surface area contributed by atoms with Gasteiger partial charge >= 0.3 is 0 Å². The molecule has 2 aliphatic rings. The van der Waals surface area contributed by atoms with Crippen LogP contribution in [0, 0.1) is 0 Å². The van der Waals surface area contributed by atoms with Gasteiger partial charge in [-0.25, -0.2) is 4.98 Å². The van der Waals surface area contributed by atoms with Crippen molar-refractivity contribution in [2.45, 2.75) is 44.6 Å². The van der Waals surface area contributed by atoms with E-state index < -0.39 is 0 Å². The Morgan fingerprint density at radius 1 is 1.27 bits per heavy atom. The minimum Gasteiger partial charge on any atom is -0.374 e. The highest BCUT2D eigenvalue weighted by Gasteiger charge is 2.27. The maximum atomic E-state index is 5.63. The molecule has 1 aliphatic heterocycles. The summed E-state index contributed by atoms with van der Waals surface area (Å²) in [4.78, 5) is 7.16. The molecule has 0 bridgehead atoms. The fourth-order valence-electron chi connectivity index (χ4n) is 3.67. The highest BCUT2D eigenvalue weighted by molar-refractivity contribution is 7.15. The molecule has 1 atom stereocenters. The lowest BCUT2D eigenvalue weighted by atomic mass is 10.0. The highest BCUT2D eigenvalue weighted by atomic mass is 32.1. The van der Waals surface area contributed by atoms with Crippen LogP contribution in [0.3, 0.4) is 0 Å². The molecule has 22 heavy (non-hydrogen) atoms. The normalized spacial score (nSPS) is 22.1. The average Bonchev–Trinajstić information content (AvgIpc) is 3.23. The molecule has 2 aromatic heterocycles. The van der Waals surface area contributed by atoms with Crippen molar-refractivity contribution in [3.05, 3.63) is 22.7 Å². The van der Waals surface area contributed by atoms with Gasteiger partial charge in [0.2, 0.25) is 5.13 Å². The van der Waals surface area contributed by atoms with E-state index >= 15 is 0 Å². The number of aromatic nitrogens is 4. The minimum atomic E-state index is 0.569. The van der Waals surface area contributed by atoms with Crippen LogP contribution in [0.1, 0.15) is 41.7 Å². The summed E-state index contributed by atoms with van der Waals surface area (Å²) in [7, 11) is 0. The second kappa shape index (κ2) is 5.96. The Balaban J connectivity index is 1.37. The van der Waals surface area contributed by atoms with E-state index in [9.17, 15) is 0 Å².